The van der Waals surface area contributed by atoms with Gasteiger partial charge in [0.05, 0.1) is 0 Å². The summed E-state index contributed by atoms with van der Waals surface area (Å²) in [6, 6.07) is 0. The van der Waals surface area contributed by atoms with E-state index < -0.39 is 0 Å². The topological polar surface area (TPSA) is 20.3 Å². The monoisotopic (exact) mass is 154 g/mol. The molecular weight excluding hydrogens is 138 g/mol. The molecule has 1 rings (SSSR count). The molecule has 63 valence electrons. The van der Waals surface area contributed by atoms with Gasteiger partial charge in [-0.3, -0.25) is 4.79 Å². The Morgan fingerprint density at radius 2 is 2.18 bits per heavy atom. The molecule has 0 N–H and O–H groups in total. The molecule has 0 aromatic carbocycles. The van der Waals surface area contributed by atoms with E-state index in [4.69, 9.17) is 0 Å². The summed E-state index contributed by atoms with van der Waals surface area (Å²) in [5.74, 6) is -0.0298. The third-order valence-corrected chi connectivity index (χ3v) is 2.25. The molecule has 1 amide bonds. The quantitative estimate of drug-likeness (QED) is 0.517. The molecular formula is C9H16NO. The molecule has 0 aliphatic carbocycles. The average molecular weight is 154 g/mol. The van der Waals surface area contributed by atoms with Crippen LogP contribution in [0.5, 0.6) is 0 Å². The van der Waals surface area contributed by atoms with Gasteiger partial charge in [-0.25, -0.2) is 0 Å². The van der Waals surface area contributed by atoms with Crippen LogP contribution in [-0.2, 0) is 4.79 Å². The van der Waals surface area contributed by atoms with Crippen LogP contribution in [-0.4, -0.2) is 23.9 Å². The van der Waals surface area contributed by atoms with Gasteiger partial charge >= 0.3 is 0 Å². The lowest BCUT2D eigenvalue weighted by molar-refractivity contribution is -0.129. The van der Waals surface area contributed by atoms with Crippen molar-refractivity contribution in [2.24, 2.45) is 5.41 Å². The first-order chi connectivity index (χ1) is 5.01. The van der Waals surface area contributed by atoms with E-state index >= 15 is 0 Å². The summed E-state index contributed by atoms with van der Waals surface area (Å²) < 4.78 is 0. The Kier molecular flexibility index (Phi) is 2.21. The highest BCUT2D eigenvalue weighted by Crippen LogP contribution is 2.27. The molecule has 0 spiro atoms. The smallest absolute Gasteiger partial charge is 0.223 e. The molecule has 1 aliphatic heterocycles. The van der Waals surface area contributed by atoms with Crippen molar-refractivity contribution < 1.29 is 4.79 Å². The molecule has 1 radical (unpaired) electrons. The summed E-state index contributed by atoms with van der Waals surface area (Å²) >= 11 is 0. The number of hydrogen-bond acceptors (Lipinski definition) is 1. The highest BCUT2D eigenvalue weighted by molar-refractivity contribution is 5.80. The second-order valence-electron chi connectivity index (χ2n) is 4.08. The largest absolute Gasteiger partial charge is 0.342 e. The molecule has 1 heterocycles. The van der Waals surface area contributed by atoms with Crippen molar-refractivity contribution in [3.63, 3.8) is 0 Å². The normalized spacial score (nSPS) is 23.4. The second kappa shape index (κ2) is 2.84. The van der Waals surface area contributed by atoms with Crippen LogP contribution in [0.2, 0.25) is 0 Å². The first kappa shape index (κ1) is 8.57. The number of rotatable bonds is 0. The highest BCUT2D eigenvalue weighted by atomic mass is 16.2. The van der Waals surface area contributed by atoms with Gasteiger partial charge in [-0.15, -0.1) is 0 Å². The van der Waals surface area contributed by atoms with E-state index in [0.717, 1.165) is 19.5 Å². The average Bonchev–Trinajstić information content (AvgIpc) is 1.85. The van der Waals surface area contributed by atoms with Crippen LogP contribution in [0, 0.1) is 12.3 Å². The van der Waals surface area contributed by atoms with Crippen LogP contribution in [0.1, 0.15) is 26.7 Å². The Morgan fingerprint density at radius 3 is 2.55 bits per heavy atom. The second-order valence-corrected chi connectivity index (χ2v) is 4.08. The van der Waals surface area contributed by atoms with Crippen molar-refractivity contribution in [2.45, 2.75) is 26.7 Å². The third kappa shape index (κ3) is 2.21. The lowest BCUT2D eigenvalue weighted by Gasteiger charge is -2.37. The molecule has 0 saturated carbocycles. The lowest BCUT2D eigenvalue weighted by Crippen LogP contribution is -2.42. The number of likely N-dealkylation sites (tertiary alicyclic amines) is 1. The number of hydrogen-bond donors (Lipinski definition) is 0. The minimum atomic E-state index is -0.0298. The van der Waals surface area contributed by atoms with Gasteiger partial charge in [0.2, 0.25) is 5.91 Å². The fourth-order valence-corrected chi connectivity index (χ4v) is 1.64. The van der Waals surface area contributed by atoms with Crippen LogP contribution < -0.4 is 0 Å². The van der Waals surface area contributed by atoms with E-state index in [2.05, 4.69) is 20.8 Å². The van der Waals surface area contributed by atoms with Gasteiger partial charge in [0, 0.05) is 20.0 Å². The molecule has 1 fully saturated rings. The maximum absolute atomic E-state index is 10.9. The molecule has 0 aromatic heterocycles. The molecule has 1 aliphatic rings. The standard InChI is InChI=1S/C9H16NO/c1-8(11)10-6-4-5-9(2,3)7-10/h1,4-7H2,2-3H3. The van der Waals surface area contributed by atoms with E-state index in [9.17, 15) is 4.79 Å². The Bertz CT molecular complexity index is 163. The zero-order valence-corrected chi connectivity index (χ0v) is 7.39. The van der Waals surface area contributed by atoms with Gasteiger partial charge in [-0.2, -0.15) is 0 Å². The molecule has 2 heteroatoms. The van der Waals surface area contributed by atoms with Gasteiger partial charge in [-0.1, -0.05) is 13.8 Å². The van der Waals surface area contributed by atoms with Gasteiger partial charge in [-0.05, 0) is 18.3 Å². The van der Waals surface area contributed by atoms with Crippen LogP contribution in [0.25, 0.3) is 0 Å². The lowest BCUT2D eigenvalue weighted by atomic mass is 9.84. The maximum Gasteiger partial charge on any atom is 0.223 e. The molecule has 0 aromatic rings. The van der Waals surface area contributed by atoms with E-state index in [1.54, 1.807) is 0 Å². The van der Waals surface area contributed by atoms with E-state index in [-0.39, 0.29) is 5.91 Å². The summed E-state index contributed by atoms with van der Waals surface area (Å²) in [4.78, 5) is 12.7. The van der Waals surface area contributed by atoms with Crippen LogP contribution in [0.3, 0.4) is 0 Å². The SMILES string of the molecule is [CH2]C(=O)N1CCCC(C)(C)C1. The van der Waals surface area contributed by atoms with Crippen LogP contribution in [0.4, 0.5) is 0 Å². The van der Waals surface area contributed by atoms with E-state index in [0.29, 0.717) is 5.41 Å². The van der Waals surface area contributed by atoms with Crippen molar-refractivity contribution in [3.8, 4) is 0 Å². The summed E-state index contributed by atoms with van der Waals surface area (Å²) in [6.07, 6.45) is 2.34. The van der Waals surface area contributed by atoms with Crippen molar-refractivity contribution in [1.82, 2.24) is 4.90 Å². The van der Waals surface area contributed by atoms with Crippen LogP contribution in [0.15, 0.2) is 0 Å². The fraction of sp³-hybridized carbons (Fsp3) is 0.778. The first-order valence-corrected chi connectivity index (χ1v) is 4.12. The van der Waals surface area contributed by atoms with Gasteiger partial charge in [0.1, 0.15) is 0 Å². The van der Waals surface area contributed by atoms with Crippen molar-refractivity contribution in [3.05, 3.63) is 6.92 Å². The first-order valence-electron chi connectivity index (χ1n) is 4.12. The summed E-state index contributed by atoms with van der Waals surface area (Å²) in [7, 11) is 0. The number of carbonyl (C=O) groups is 1. The van der Waals surface area contributed by atoms with Crippen molar-refractivity contribution in [1.29, 1.82) is 0 Å². The maximum atomic E-state index is 10.9. The van der Waals surface area contributed by atoms with Gasteiger partial charge < -0.3 is 4.90 Å². The molecule has 0 unspecified atom stereocenters. The van der Waals surface area contributed by atoms with Gasteiger partial charge in [0.15, 0.2) is 0 Å². The summed E-state index contributed by atoms with van der Waals surface area (Å²) in [5.41, 5.74) is 0.297. The third-order valence-electron chi connectivity index (χ3n) is 2.25. The zero-order chi connectivity index (χ0) is 8.48. The van der Waals surface area contributed by atoms with Crippen molar-refractivity contribution in [2.75, 3.05) is 13.1 Å². The number of carbonyl (C=O) groups excluding carboxylic acids is 1. The molecule has 1 saturated heterocycles. The Hall–Kier alpha value is -0.530. The van der Waals surface area contributed by atoms with Gasteiger partial charge in [0.25, 0.3) is 0 Å². The zero-order valence-electron chi connectivity index (χ0n) is 7.39. The predicted octanol–water partition coefficient (Wildman–Crippen LogP) is 1.47. The molecule has 0 atom stereocenters. The Labute approximate surface area is 68.6 Å². The number of nitrogens with zero attached hydrogens (tertiary/aromatic N) is 1. The van der Waals surface area contributed by atoms with E-state index in [1.807, 2.05) is 4.90 Å². The predicted molar refractivity (Wildman–Crippen MR) is 45.0 cm³/mol. The minimum absolute atomic E-state index is 0.0298. The summed E-state index contributed by atoms with van der Waals surface area (Å²) in [5, 5.41) is 0. The van der Waals surface area contributed by atoms with Crippen molar-refractivity contribution >= 4 is 5.91 Å². The highest BCUT2D eigenvalue weighted by Gasteiger charge is 2.27. The Balaban J connectivity index is 2.53. The molecule has 11 heavy (non-hydrogen) atoms. The summed E-state index contributed by atoms with van der Waals surface area (Å²) in [6.45, 7) is 9.57. The molecule has 0 bridgehead atoms. The number of piperidine rings is 1. The fourth-order valence-electron chi connectivity index (χ4n) is 1.64. The molecule has 2 nitrogen and oxygen atoms in total. The number of amides is 1. The Morgan fingerprint density at radius 1 is 1.55 bits per heavy atom. The van der Waals surface area contributed by atoms with E-state index in [1.165, 1.54) is 6.42 Å². The van der Waals surface area contributed by atoms with Crippen LogP contribution >= 0.6 is 0 Å². The minimum Gasteiger partial charge on any atom is -0.342 e.